The average molecular weight is 271 g/mol. The van der Waals surface area contributed by atoms with Crippen molar-refractivity contribution < 1.29 is 0 Å². The summed E-state index contributed by atoms with van der Waals surface area (Å²) in [5.41, 5.74) is 2.94. The number of benzene rings is 1. The van der Waals surface area contributed by atoms with E-state index in [9.17, 15) is 0 Å². The molecule has 2 fully saturated rings. The third-order valence-corrected chi connectivity index (χ3v) is 5.55. The van der Waals surface area contributed by atoms with Gasteiger partial charge < -0.3 is 5.32 Å². The lowest BCUT2D eigenvalue weighted by Crippen LogP contribution is -2.38. The van der Waals surface area contributed by atoms with Crippen LogP contribution in [-0.2, 0) is 0 Å². The SMILES string of the molecule is Cc1ccc(C2CNCCC2C2CCCCCC2)cc1. The Hall–Kier alpha value is -0.820. The Morgan fingerprint density at radius 2 is 1.60 bits per heavy atom. The molecule has 1 nitrogen and oxygen atoms in total. The molecule has 3 rings (SSSR count). The molecule has 1 aliphatic carbocycles. The number of piperidine rings is 1. The van der Waals surface area contributed by atoms with Gasteiger partial charge in [0.2, 0.25) is 0 Å². The van der Waals surface area contributed by atoms with Gasteiger partial charge in [0, 0.05) is 6.54 Å². The van der Waals surface area contributed by atoms with Gasteiger partial charge >= 0.3 is 0 Å². The maximum Gasteiger partial charge on any atom is 0.00229 e. The first-order chi connectivity index (χ1) is 9.84. The van der Waals surface area contributed by atoms with Crippen molar-refractivity contribution in [3.63, 3.8) is 0 Å². The van der Waals surface area contributed by atoms with Gasteiger partial charge in [0.05, 0.1) is 0 Å². The van der Waals surface area contributed by atoms with Crippen molar-refractivity contribution in [1.29, 1.82) is 0 Å². The number of hydrogen-bond acceptors (Lipinski definition) is 1. The molecule has 0 bridgehead atoms. The Bertz CT molecular complexity index is 400. The minimum Gasteiger partial charge on any atom is -0.316 e. The molecule has 20 heavy (non-hydrogen) atoms. The summed E-state index contributed by atoms with van der Waals surface area (Å²) in [5.74, 6) is 2.63. The predicted octanol–water partition coefficient (Wildman–Crippen LogP) is 4.66. The molecule has 1 N–H and O–H groups in total. The fourth-order valence-electron chi connectivity index (χ4n) is 4.36. The van der Waals surface area contributed by atoms with Crippen molar-refractivity contribution in [2.24, 2.45) is 11.8 Å². The van der Waals surface area contributed by atoms with E-state index in [4.69, 9.17) is 0 Å². The number of rotatable bonds is 2. The molecule has 1 aromatic carbocycles. The van der Waals surface area contributed by atoms with Gasteiger partial charge in [-0.15, -0.1) is 0 Å². The fourth-order valence-corrected chi connectivity index (χ4v) is 4.36. The lowest BCUT2D eigenvalue weighted by molar-refractivity contribution is 0.205. The van der Waals surface area contributed by atoms with Gasteiger partial charge in [0.15, 0.2) is 0 Å². The van der Waals surface area contributed by atoms with E-state index in [1.54, 1.807) is 5.56 Å². The molecule has 0 radical (unpaired) electrons. The zero-order valence-electron chi connectivity index (χ0n) is 12.9. The van der Waals surface area contributed by atoms with Crippen LogP contribution in [-0.4, -0.2) is 13.1 Å². The molecule has 0 aromatic heterocycles. The van der Waals surface area contributed by atoms with E-state index in [2.05, 4.69) is 36.5 Å². The van der Waals surface area contributed by atoms with Gasteiger partial charge in [0.25, 0.3) is 0 Å². The van der Waals surface area contributed by atoms with Crippen molar-refractivity contribution >= 4 is 0 Å². The van der Waals surface area contributed by atoms with Crippen molar-refractivity contribution in [3.8, 4) is 0 Å². The first kappa shape index (κ1) is 14.1. The predicted molar refractivity (Wildman–Crippen MR) is 86.1 cm³/mol. The second-order valence-electron chi connectivity index (χ2n) is 6.93. The lowest BCUT2D eigenvalue weighted by Gasteiger charge is -2.38. The third kappa shape index (κ3) is 3.25. The summed E-state index contributed by atoms with van der Waals surface area (Å²) in [6.45, 7) is 4.60. The van der Waals surface area contributed by atoms with E-state index in [1.165, 1.54) is 63.6 Å². The summed E-state index contributed by atoms with van der Waals surface area (Å²) >= 11 is 0. The van der Waals surface area contributed by atoms with Crippen LogP contribution in [0.5, 0.6) is 0 Å². The Kier molecular flexibility index (Phi) is 4.77. The topological polar surface area (TPSA) is 12.0 Å². The molecule has 0 amide bonds. The second kappa shape index (κ2) is 6.76. The highest BCUT2D eigenvalue weighted by molar-refractivity contribution is 5.26. The Balaban J connectivity index is 1.77. The molecule has 2 unspecified atom stereocenters. The van der Waals surface area contributed by atoms with Gasteiger partial charge in [-0.3, -0.25) is 0 Å². The van der Waals surface area contributed by atoms with Gasteiger partial charge in [-0.05, 0) is 43.2 Å². The van der Waals surface area contributed by atoms with E-state index < -0.39 is 0 Å². The highest BCUT2D eigenvalue weighted by Gasteiger charge is 2.32. The zero-order valence-corrected chi connectivity index (χ0v) is 12.9. The van der Waals surface area contributed by atoms with Crippen LogP contribution in [0.3, 0.4) is 0 Å². The standard InChI is InChI=1S/C19H29N/c1-15-8-10-17(11-9-15)19-14-20-13-12-18(19)16-6-4-2-3-5-7-16/h8-11,16,18-20H,2-7,12-14H2,1H3. The summed E-state index contributed by atoms with van der Waals surface area (Å²) in [5, 5.41) is 3.63. The average Bonchev–Trinajstić information content (AvgIpc) is 2.77. The first-order valence-corrected chi connectivity index (χ1v) is 8.62. The molecule has 1 saturated carbocycles. The van der Waals surface area contributed by atoms with E-state index in [0.29, 0.717) is 0 Å². The molecule has 1 heteroatoms. The number of nitrogens with one attached hydrogen (secondary N) is 1. The van der Waals surface area contributed by atoms with Crippen molar-refractivity contribution in [2.75, 3.05) is 13.1 Å². The van der Waals surface area contributed by atoms with Gasteiger partial charge in [-0.25, -0.2) is 0 Å². The molecule has 0 spiro atoms. The molecule has 1 heterocycles. The first-order valence-electron chi connectivity index (χ1n) is 8.62. The summed E-state index contributed by atoms with van der Waals surface area (Å²) in [4.78, 5) is 0. The van der Waals surface area contributed by atoms with E-state index in [1.807, 2.05) is 0 Å². The third-order valence-electron chi connectivity index (χ3n) is 5.55. The van der Waals surface area contributed by atoms with Gasteiger partial charge in [0.1, 0.15) is 0 Å². The number of aryl methyl sites for hydroxylation is 1. The normalized spacial score (nSPS) is 29.1. The second-order valence-corrected chi connectivity index (χ2v) is 6.93. The molecule has 2 aliphatic rings. The molecule has 2 atom stereocenters. The lowest BCUT2D eigenvalue weighted by atomic mass is 9.71. The van der Waals surface area contributed by atoms with Crippen LogP contribution in [0.4, 0.5) is 0 Å². The smallest absolute Gasteiger partial charge is 0.00229 e. The summed E-state index contributed by atoms with van der Waals surface area (Å²) in [7, 11) is 0. The molecule has 1 aromatic rings. The maximum atomic E-state index is 3.63. The van der Waals surface area contributed by atoms with Crippen LogP contribution in [0, 0.1) is 18.8 Å². The fraction of sp³-hybridized carbons (Fsp3) is 0.684. The van der Waals surface area contributed by atoms with Crippen molar-refractivity contribution in [1.82, 2.24) is 5.32 Å². The highest BCUT2D eigenvalue weighted by Crippen LogP contribution is 2.40. The Morgan fingerprint density at radius 3 is 2.30 bits per heavy atom. The Labute approximate surface area is 124 Å². The molecular formula is C19H29N. The minimum absolute atomic E-state index is 0.743. The van der Waals surface area contributed by atoms with Gasteiger partial charge in [-0.1, -0.05) is 68.4 Å². The monoisotopic (exact) mass is 271 g/mol. The van der Waals surface area contributed by atoms with E-state index >= 15 is 0 Å². The zero-order chi connectivity index (χ0) is 13.8. The van der Waals surface area contributed by atoms with Crippen LogP contribution >= 0.6 is 0 Å². The molecular weight excluding hydrogens is 242 g/mol. The van der Waals surface area contributed by atoms with Crippen LogP contribution in [0.1, 0.15) is 62.0 Å². The van der Waals surface area contributed by atoms with Gasteiger partial charge in [-0.2, -0.15) is 0 Å². The van der Waals surface area contributed by atoms with E-state index in [-0.39, 0.29) is 0 Å². The maximum absolute atomic E-state index is 3.63. The summed E-state index contributed by atoms with van der Waals surface area (Å²) in [6, 6.07) is 9.32. The molecule has 1 aliphatic heterocycles. The highest BCUT2D eigenvalue weighted by atomic mass is 14.9. The van der Waals surface area contributed by atoms with Crippen molar-refractivity contribution in [2.45, 2.75) is 57.8 Å². The van der Waals surface area contributed by atoms with E-state index in [0.717, 1.165) is 17.8 Å². The van der Waals surface area contributed by atoms with Crippen LogP contribution in [0.2, 0.25) is 0 Å². The van der Waals surface area contributed by atoms with Crippen LogP contribution in [0.15, 0.2) is 24.3 Å². The molecule has 1 saturated heterocycles. The largest absolute Gasteiger partial charge is 0.316 e. The van der Waals surface area contributed by atoms with Crippen LogP contribution < -0.4 is 5.32 Å². The minimum atomic E-state index is 0.743. The van der Waals surface area contributed by atoms with Crippen molar-refractivity contribution in [3.05, 3.63) is 35.4 Å². The molecule has 110 valence electrons. The summed E-state index contributed by atoms with van der Waals surface area (Å²) < 4.78 is 0. The Morgan fingerprint density at radius 1 is 0.900 bits per heavy atom. The van der Waals surface area contributed by atoms with Crippen LogP contribution in [0.25, 0.3) is 0 Å². The number of hydrogen-bond donors (Lipinski definition) is 1. The summed E-state index contributed by atoms with van der Waals surface area (Å²) in [6.07, 6.45) is 10.2. The quantitative estimate of drug-likeness (QED) is 0.771.